The van der Waals surface area contributed by atoms with Crippen molar-refractivity contribution in [3.05, 3.63) is 24.3 Å². The Morgan fingerprint density at radius 3 is 2.77 bits per heavy atom. The van der Waals surface area contributed by atoms with Crippen LogP contribution in [0.2, 0.25) is 0 Å². The zero-order valence-electron chi connectivity index (χ0n) is 13.3. The molecule has 0 bridgehead atoms. The number of rotatable bonds is 5. The van der Waals surface area contributed by atoms with Crippen LogP contribution in [-0.4, -0.2) is 37.6 Å². The van der Waals surface area contributed by atoms with Crippen LogP contribution >= 0.6 is 0 Å². The van der Waals surface area contributed by atoms with Gasteiger partial charge in [0.15, 0.2) is 0 Å². The van der Waals surface area contributed by atoms with Crippen LogP contribution in [0.15, 0.2) is 24.3 Å². The highest BCUT2D eigenvalue weighted by molar-refractivity contribution is 6.01. The Hall–Kier alpha value is -2.08. The Labute approximate surface area is 130 Å². The third-order valence-electron chi connectivity index (χ3n) is 3.84. The Morgan fingerprint density at radius 1 is 1.45 bits per heavy atom. The van der Waals surface area contributed by atoms with Gasteiger partial charge in [-0.2, -0.15) is 0 Å². The normalized spacial score (nSPS) is 18.5. The van der Waals surface area contributed by atoms with Gasteiger partial charge in [-0.15, -0.1) is 0 Å². The summed E-state index contributed by atoms with van der Waals surface area (Å²) in [6.07, 6.45) is 0.199. The molecule has 0 aromatic heterocycles. The van der Waals surface area contributed by atoms with Crippen LogP contribution in [0.3, 0.4) is 0 Å². The molecule has 3 N–H and O–H groups in total. The Morgan fingerprint density at radius 2 is 2.14 bits per heavy atom. The molecule has 6 heteroatoms. The molecular formula is C16H23N3O3. The lowest BCUT2D eigenvalue weighted by atomic mass is 10.0. The molecule has 1 saturated heterocycles. The first-order valence-electron chi connectivity index (χ1n) is 7.33. The largest absolute Gasteiger partial charge is 0.495 e. The first kappa shape index (κ1) is 16.3. The van der Waals surface area contributed by atoms with Crippen LogP contribution in [0.25, 0.3) is 0 Å². The third kappa shape index (κ3) is 3.39. The van der Waals surface area contributed by atoms with Gasteiger partial charge in [0.25, 0.3) is 0 Å². The van der Waals surface area contributed by atoms with Crippen LogP contribution in [0, 0.1) is 5.92 Å². The molecular weight excluding hydrogens is 282 g/mol. The first-order valence-corrected chi connectivity index (χ1v) is 7.33. The van der Waals surface area contributed by atoms with Gasteiger partial charge in [0.05, 0.1) is 18.7 Å². The lowest BCUT2D eigenvalue weighted by Crippen LogP contribution is -2.51. The van der Waals surface area contributed by atoms with Crippen molar-refractivity contribution in [1.29, 1.82) is 0 Å². The van der Waals surface area contributed by atoms with Gasteiger partial charge in [0.1, 0.15) is 5.75 Å². The summed E-state index contributed by atoms with van der Waals surface area (Å²) in [5.74, 6) is 0.0406. The number of ether oxygens (including phenoxy) is 1. The molecule has 0 spiro atoms. The summed E-state index contributed by atoms with van der Waals surface area (Å²) < 4.78 is 5.29. The number of benzene rings is 1. The quantitative estimate of drug-likeness (QED) is 0.846. The smallest absolute Gasteiger partial charge is 0.227 e. The summed E-state index contributed by atoms with van der Waals surface area (Å²) in [6, 6.07) is 7.31. The average molecular weight is 305 g/mol. The number of methoxy groups -OCH3 is 1. The van der Waals surface area contributed by atoms with Crippen LogP contribution in [0.4, 0.5) is 5.69 Å². The van der Waals surface area contributed by atoms with Crippen molar-refractivity contribution in [3.63, 3.8) is 0 Å². The van der Waals surface area contributed by atoms with E-state index < -0.39 is 5.54 Å². The molecule has 1 aliphatic heterocycles. The van der Waals surface area contributed by atoms with Gasteiger partial charge < -0.3 is 20.7 Å². The number of amides is 2. The number of hydrogen-bond acceptors (Lipinski definition) is 4. The van der Waals surface area contributed by atoms with Crippen molar-refractivity contribution in [2.45, 2.75) is 25.8 Å². The highest BCUT2D eigenvalue weighted by Crippen LogP contribution is 2.32. The van der Waals surface area contributed by atoms with E-state index in [0.717, 1.165) is 0 Å². The van der Waals surface area contributed by atoms with Gasteiger partial charge in [-0.3, -0.25) is 9.59 Å². The molecule has 1 aromatic rings. The molecule has 2 rings (SSSR count). The van der Waals surface area contributed by atoms with Crippen LogP contribution < -0.4 is 20.7 Å². The highest BCUT2D eigenvalue weighted by Gasteiger charge is 2.37. The summed E-state index contributed by atoms with van der Waals surface area (Å²) in [5.41, 5.74) is 5.85. The van der Waals surface area contributed by atoms with E-state index in [9.17, 15) is 9.59 Å². The maximum atomic E-state index is 12.3. The monoisotopic (exact) mass is 305 g/mol. The number of hydrogen-bond donors (Lipinski definition) is 2. The molecule has 1 aliphatic rings. The van der Waals surface area contributed by atoms with E-state index in [2.05, 4.69) is 5.32 Å². The minimum absolute atomic E-state index is 0.0739. The topological polar surface area (TPSA) is 84.7 Å². The molecule has 2 amide bonds. The predicted octanol–water partition coefficient (Wildman–Crippen LogP) is 0.902. The SMILES string of the molecule is COc1ccccc1N1CC(C(=O)NC(C)(C)CN)CC1=O. The van der Waals surface area contributed by atoms with Crippen molar-refractivity contribution >= 4 is 17.5 Å². The van der Waals surface area contributed by atoms with Crippen molar-refractivity contribution < 1.29 is 14.3 Å². The molecule has 0 aliphatic carbocycles. The Bertz CT molecular complexity index is 572. The van der Waals surface area contributed by atoms with E-state index in [4.69, 9.17) is 10.5 Å². The number of nitrogens with one attached hydrogen (secondary N) is 1. The number of carbonyl (C=O) groups is 2. The number of anilines is 1. The fraction of sp³-hybridized carbons (Fsp3) is 0.500. The highest BCUT2D eigenvalue weighted by atomic mass is 16.5. The minimum atomic E-state index is -0.474. The van der Waals surface area contributed by atoms with E-state index in [1.165, 1.54) is 0 Å². The van der Waals surface area contributed by atoms with Crippen LogP contribution in [0.5, 0.6) is 5.75 Å². The molecule has 1 heterocycles. The molecule has 1 aromatic carbocycles. The standard InChI is InChI=1S/C16H23N3O3/c1-16(2,10-17)18-15(21)11-8-14(20)19(9-11)12-6-4-5-7-13(12)22-3/h4-7,11H,8-10,17H2,1-3H3,(H,18,21). The van der Waals surface area contributed by atoms with E-state index >= 15 is 0 Å². The third-order valence-corrected chi connectivity index (χ3v) is 3.84. The second-order valence-corrected chi connectivity index (χ2v) is 6.15. The Balaban J connectivity index is 2.12. The zero-order chi connectivity index (χ0) is 16.3. The van der Waals surface area contributed by atoms with Gasteiger partial charge in [0, 0.05) is 25.0 Å². The van der Waals surface area contributed by atoms with Crippen LogP contribution in [0.1, 0.15) is 20.3 Å². The summed E-state index contributed by atoms with van der Waals surface area (Å²) >= 11 is 0. The summed E-state index contributed by atoms with van der Waals surface area (Å²) in [7, 11) is 1.56. The number of para-hydroxylation sites is 2. The maximum Gasteiger partial charge on any atom is 0.227 e. The zero-order valence-corrected chi connectivity index (χ0v) is 13.3. The van der Waals surface area contributed by atoms with Crippen molar-refractivity contribution in [3.8, 4) is 5.75 Å². The van der Waals surface area contributed by atoms with Crippen molar-refractivity contribution in [2.24, 2.45) is 11.7 Å². The lowest BCUT2D eigenvalue weighted by molar-refractivity contribution is -0.127. The number of carbonyl (C=O) groups excluding carboxylic acids is 2. The minimum Gasteiger partial charge on any atom is -0.495 e. The molecule has 22 heavy (non-hydrogen) atoms. The number of nitrogens with two attached hydrogens (primary N) is 1. The maximum absolute atomic E-state index is 12.3. The molecule has 1 fully saturated rings. The van der Waals surface area contributed by atoms with Gasteiger partial charge in [-0.1, -0.05) is 12.1 Å². The van der Waals surface area contributed by atoms with Gasteiger partial charge >= 0.3 is 0 Å². The van der Waals surface area contributed by atoms with Crippen LogP contribution in [-0.2, 0) is 9.59 Å². The Kier molecular flexibility index (Phi) is 4.71. The average Bonchev–Trinajstić information content (AvgIpc) is 2.89. The molecule has 1 unspecified atom stereocenters. The molecule has 0 saturated carbocycles. The molecule has 1 atom stereocenters. The lowest BCUT2D eigenvalue weighted by Gasteiger charge is -2.26. The predicted molar refractivity (Wildman–Crippen MR) is 84.7 cm³/mol. The van der Waals surface area contributed by atoms with Gasteiger partial charge in [0.2, 0.25) is 11.8 Å². The second kappa shape index (κ2) is 6.36. The molecule has 0 radical (unpaired) electrons. The first-order chi connectivity index (χ1) is 10.4. The summed E-state index contributed by atoms with van der Waals surface area (Å²) in [4.78, 5) is 26.2. The fourth-order valence-electron chi connectivity index (χ4n) is 2.46. The van der Waals surface area contributed by atoms with Crippen molar-refractivity contribution in [2.75, 3.05) is 25.1 Å². The van der Waals surface area contributed by atoms with E-state index in [1.807, 2.05) is 32.0 Å². The van der Waals surface area contributed by atoms with Gasteiger partial charge in [-0.25, -0.2) is 0 Å². The fourth-order valence-corrected chi connectivity index (χ4v) is 2.46. The van der Waals surface area contributed by atoms with E-state index in [0.29, 0.717) is 24.5 Å². The second-order valence-electron chi connectivity index (χ2n) is 6.15. The molecule has 120 valence electrons. The van der Waals surface area contributed by atoms with E-state index in [-0.39, 0.29) is 24.2 Å². The molecule has 6 nitrogen and oxygen atoms in total. The summed E-state index contributed by atoms with van der Waals surface area (Å²) in [6.45, 7) is 4.42. The van der Waals surface area contributed by atoms with Crippen molar-refractivity contribution in [1.82, 2.24) is 5.32 Å². The van der Waals surface area contributed by atoms with Gasteiger partial charge in [-0.05, 0) is 26.0 Å². The van der Waals surface area contributed by atoms with E-state index in [1.54, 1.807) is 18.1 Å². The summed E-state index contributed by atoms with van der Waals surface area (Å²) in [5, 5.41) is 2.89. The number of nitrogens with zero attached hydrogens (tertiary/aromatic N) is 1.